The van der Waals surface area contributed by atoms with E-state index in [0.717, 1.165) is 63.5 Å². The normalized spacial score (nSPS) is 20.5. The molecule has 5 heteroatoms. The minimum atomic E-state index is -0.342. The second-order valence-electron chi connectivity index (χ2n) is 10.7. The third-order valence-electron chi connectivity index (χ3n) is 7.46. The molecule has 4 atom stereocenters. The summed E-state index contributed by atoms with van der Waals surface area (Å²) in [7, 11) is 0. The molecule has 1 aromatic carbocycles. The molecule has 4 unspecified atom stereocenters. The Kier molecular flexibility index (Phi) is 17.3. The van der Waals surface area contributed by atoms with Crippen LogP contribution in [0.2, 0.25) is 0 Å². The number of benzene rings is 1. The van der Waals surface area contributed by atoms with Gasteiger partial charge >= 0.3 is 5.97 Å². The van der Waals surface area contributed by atoms with Crippen molar-refractivity contribution in [1.29, 1.82) is 0 Å². The van der Waals surface area contributed by atoms with Crippen molar-refractivity contribution < 1.29 is 19.7 Å². The van der Waals surface area contributed by atoms with Gasteiger partial charge in [0.15, 0.2) is 0 Å². The van der Waals surface area contributed by atoms with Crippen molar-refractivity contribution in [1.82, 2.24) is 0 Å². The van der Waals surface area contributed by atoms with Gasteiger partial charge in [-0.2, -0.15) is 11.8 Å². The lowest BCUT2D eigenvalue weighted by atomic mass is 9.97. The molecule has 0 bridgehead atoms. The first-order valence-corrected chi connectivity index (χ1v) is 15.8. The summed E-state index contributed by atoms with van der Waals surface area (Å²) in [6.45, 7) is 2.82. The number of aliphatic hydroxyl groups is 2. The van der Waals surface area contributed by atoms with Crippen LogP contribution in [0.4, 0.5) is 0 Å². The van der Waals surface area contributed by atoms with E-state index >= 15 is 0 Å². The fraction of sp³-hybridized carbons (Fsp3) is 0.774. The predicted molar refractivity (Wildman–Crippen MR) is 152 cm³/mol. The number of esters is 1. The number of carbonyl (C=O) groups excluding carboxylic acids is 1. The van der Waals surface area contributed by atoms with Crippen LogP contribution in [-0.4, -0.2) is 46.0 Å². The van der Waals surface area contributed by atoms with Gasteiger partial charge in [-0.1, -0.05) is 101 Å². The number of carbonyl (C=O) groups is 1. The highest BCUT2D eigenvalue weighted by Crippen LogP contribution is 2.38. The molecule has 1 aromatic rings. The summed E-state index contributed by atoms with van der Waals surface area (Å²) in [5.74, 6) is 1.01. The van der Waals surface area contributed by atoms with Gasteiger partial charge in [-0.15, -0.1) is 0 Å². The average molecular weight is 521 g/mol. The lowest BCUT2D eigenvalue weighted by Gasteiger charge is -2.23. The zero-order valence-electron chi connectivity index (χ0n) is 22.8. The van der Waals surface area contributed by atoms with Crippen molar-refractivity contribution in [3.05, 3.63) is 35.9 Å². The van der Waals surface area contributed by atoms with E-state index in [4.69, 9.17) is 4.74 Å². The first kappa shape index (κ1) is 31.2. The quantitative estimate of drug-likeness (QED) is 0.130. The van der Waals surface area contributed by atoms with E-state index in [-0.39, 0.29) is 18.2 Å². The van der Waals surface area contributed by atoms with Crippen LogP contribution < -0.4 is 0 Å². The van der Waals surface area contributed by atoms with Gasteiger partial charge in [0.25, 0.3) is 0 Å². The fourth-order valence-electron chi connectivity index (χ4n) is 5.27. The Morgan fingerprint density at radius 2 is 1.61 bits per heavy atom. The van der Waals surface area contributed by atoms with Crippen molar-refractivity contribution in [2.45, 2.75) is 134 Å². The molecule has 0 radical (unpaired) electrons. The number of aliphatic hydroxyl groups excluding tert-OH is 2. The number of ether oxygens (including phenoxy) is 1. The summed E-state index contributed by atoms with van der Waals surface area (Å²) in [6.07, 6.45) is 17.8. The molecule has 36 heavy (non-hydrogen) atoms. The van der Waals surface area contributed by atoms with Gasteiger partial charge in [0.1, 0.15) is 0 Å². The summed E-state index contributed by atoms with van der Waals surface area (Å²) < 4.78 is 5.39. The number of rotatable bonds is 21. The van der Waals surface area contributed by atoms with Crippen LogP contribution in [0.5, 0.6) is 0 Å². The smallest absolute Gasteiger partial charge is 0.305 e. The Morgan fingerprint density at radius 3 is 2.36 bits per heavy atom. The van der Waals surface area contributed by atoms with Crippen molar-refractivity contribution in [2.75, 3.05) is 12.4 Å². The minimum Gasteiger partial charge on any atom is -0.466 e. The Labute approximate surface area is 225 Å². The zero-order chi connectivity index (χ0) is 25.8. The molecular weight excluding hydrogens is 468 g/mol. The fourth-order valence-corrected chi connectivity index (χ4v) is 6.73. The van der Waals surface area contributed by atoms with Crippen LogP contribution in [0.1, 0.15) is 115 Å². The van der Waals surface area contributed by atoms with Gasteiger partial charge < -0.3 is 14.9 Å². The molecule has 1 aliphatic rings. The summed E-state index contributed by atoms with van der Waals surface area (Å²) in [6, 6.07) is 10.2. The van der Waals surface area contributed by atoms with Crippen molar-refractivity contribution >= 4 is 17.7 Å². The highest BCUT2D eigenvalue weighted by Gasteiger charge is 2.34. The zero-order valence-corrected chi connectivity index (χ0v) is 23.6. The van der Waals surface area contributed by atoms with Crippen molar-refractivity contribution in [2.24, 2.45) is 5.92 Å². The maximum atomic E-state index is 11.9. The van der Waals surface area contributed by atoms with E-state index in [9.17, 15) is 15.0 Å². The predicted octanol–water partition coefficient (Wildman–Crippen LogP) is 7.49. The van der Waals surface area contributed by atoms with Crippen LogP contribution in [-0.2, 0) is 16.0 Å². The second kappa shape index (κ2) is 20.0. The SMILES string of the molecule is CCCCCCCCCCOC(=O)CCCCCCC1C(O)CCC1SCC(O)Cc1ccccc1. The Morgan fingerprint density at radius 1 is 0.944 bits per heavy atom. The molecule has 0 aliphatic heterocycles. The van der Waals surface area contributed by atoms with E-state index in [1.54, 1.807) is 0 Å². The Hall–Kier alpha value is -1.04. The highest BCUT2D eigenvalue weighted by atomic mass is 32.2. The standard InChI is InChI=1S/C31H52O4S/c1-2-3-4-5-6-7-10-16-23-35-31(34)20-15-9-8-14-19-28-29(33)21-22-30(28)36-25-27(32)24-26-17-12-11-13-18-26/h11-13,17-18,27-30,32-33H,2-10,14-16,19-25H2,1H3. The summed E-state index contributed by atoms with van der Waals surface area (Å²) in [5, 5.41) is 21.4. The molecule has 1 saturated carbocycles. The van der Waals surface area contributed by atoms with Crippen LogP contribution in [0, 0.1) is 5.92 Å². The second-order valence-corrected chi connectivity index (χ2v) is 11.9. The summed E-state index contributed by atoms with van der Waals surface area (Å²) in [4.78, 5) is 11.9. The van der Waals surface area contributed by atoms with E-state index in [1.807, 2.05) is 30.0 Å². The summed E-state index contributed by atoms with van der Waals surface area (Å²) in [5.41, 5.74) is 1.17. The first-order valence-electron chi connectivity index (χ1n) is 14.8. The monoisotopic (exact) mass is 520 g/mol. The molecule has 0 spiro atoms. The molecule has 2 N–H and O–H groups in total. The van der Waals surface area contributed by atoms with Crippen LogP contribution in [0.15, 0.2) is 30.3 Å². The van der Waals surface area contributed by atoms with Crippen molar-refractivity contribution in [3.63, 3.8) is 0 Å². The number of hydrogen-bond acceptors (Lipinski definition) is 5. The van der Waals surface area contributed by atoms with Crippen LogP contribution >= 0.6 is 11.8 Å². The molecule has 0 heterocycles. The minimum absolute atomic E-state index is 0.0466. The number of thioether (sulfide) groups is 1. The number of hydrogen-bond donors (Lipinski definition) is 2. The van der Waals surface area contributed by atoms with Crippen molar-refractivity contribution in [3.8, 4) is 0 Å². The third-order valence-corrected chi connectivity index (χ3v) is 9.06. The van der Waals surface area contributed by atoms with E-state index in [0.29, 0.717) is 30.6 Å². The lowest BCUT2D eigenvalue weighted by Crippen LogP contribution is -2.23. The largest absolute Gasteiger partial charge is 0.466 e. The van der Waals surface area contributed by atoms with Gasteiger partial charge in [0, 0.05) is 17.4 Å². The molecule has 206 valence electrons. The molecule has 4 nitrogen and oxygen atoms in total. The molecule has 0 saturated heterocycles. The van der Waals surface area contributed by atoms with Gasteiger partial charge in [-0.05, 0) is 50.0 Å². The van der Waals surface area contributed by atoms with E-state index < -0.39 is 0 Å². The molecule has 0 aromatic heterocycles. The van der Waals surface area contributed by atoms with E-state index in [1.165, 1.54) is 44.1 Å². The molecule has 0 amide bonds. The maximum Gasteiger partial charge on any atom is 0.305 e. The lowest BCUT2D eigenvalue weighted by molar-refractivity contribution is -0.143. The first-order chi connectivity index (χ1) is 17.6. The van der Waals surface area contributed by atoms with Gasteiger partial charge in [0.2, 0.25) is 0 Å². The maximum absolute atomic E-state index is 11.9. The van der Waals surface area contributed by atoms with Gasteiger partial charge in [-0.25, -0.2) is 0 Å². The Balaban J connectivity index is 1.46. The molecule has 2 rings (SSSR count). The topological polar surface area (TPSA) is 66.8 Å². The van der Waals surface area contributed by atoms with Crippen LogP contribution in [0.3, 0.4) is 0 Å². The highest BCUT2D eigenvalue weighted by molar-refractivity contribution is 7.99. The van der Waals surface area contributed by atoms with Gasteiger partial charge in [-0.3, -0.25) is 4.79 Å². The number of unbranched alkanes of at least 4 members (excludes halogenated alkanes) is 10. The average Bonchev–Trinajstić information content (AvgIpc) is 3.23. The Bertz CT molecular complexity index is 668. The van der Waals surface area contributed by atoms with Crippen LogP contribution in [0.25, 0.3) is 0 Å². The summed E-state index contributed by atoms with van der Waals surface area (Å²) >= 11 is 1.84. The molecule has 1 aliphatic carbocycles. The third kappa shape index (κ3) is 14.0. The van der Waals surface area contributed by atoms with Gasteiger partial charge in [0.05, 0.1) is 18.8 Å². The van der Waals surface area contributed by atoms with E-state index in [2.05, 4.69) is 19.1 Å². The molecule has 1 fully saturated rings. The molecular formula is C31H52O4S.